The van der Waals surface area contributed by atoms with Crippen molar-refractivity contribution in [1.29, 1.82) is 0 Å². The molecule has 3 aromatic carbocycles. The van der Waals surface area contributed by atoms with Crippen LogP contribution in [0.3, 0.4) is 0 Å². The first kappa shape index (κ1) is 48.4. The predicted molar refractivity (Wildman–Crippen MR) is 243 cm³/mol. The molecule has 0 radical (unpaired) electrons. The van der Waals surface area contributed by atoms with E-state index in [1.54, 1.807) is 21.3 Å². The van der Waals surface area contributed by atoms with Crippen LogP contribution in [-0.4, -0.2) is 21.3 Å². The number of hydrogen-bond acceptors (Lipinski definition) is 8. The molecular formula is C45H75N2O6P3. The molecule has 0 fully saturated rings. The van der Waals surface area contributed by atoms with E-state index in [1.807, 2.05) is 36.4 Å². The zero-order chi connectivity index (χ0) is 42.4. The summed E-state index contributed by atoms with van der Waals surface area (Å²) in [5, 5.41) is 0. The molecule has 0 aliphatic rings. The fourth-order valence-corrected chi connectivity index (χ4v) is 14.3. The van der Waals surface area contributed by atoms with Crippen molar-refractivity contribution >= 4 is 24.7 Å². The van der Waals surface area contributed by atoms with Crippen molar-refractivity contribution in [2.75, 3.05) is 21.3 Å². The van der Waals surface area contributed by atoms with Crippen LogP contribution < -0.4 is 18.4 Å². The van der Waals surface area contributed by atoms with E-state index < -0.39 is 24.7 Å². The second-order valence-electron chi connectivity index (χ2n) is 20.7. The van der Waals surface area contributed by atoms with Gasteiger partial charge in [-0.2, -0.15) is 0 Å². The molecule has 56 heavy (non-hydrogen) atoms. The summed E-state index contributed by atoms with van der Waals surface area (Å²) in [4.78, 5) is 3.43. The number of nitrogens with one attached hydrogen (secondary N) is 1. The molecule has 0 spiro atoms. The maximum absolute atomic E-state index is 6.74. The topological polar surface area (TPSA) is 79.8 Å². The monoisotopic (exact) mass is 832 g/mol. The van der Waals surface area contributed by atoms with Gasteiger partial charge in [-0.05, 0) is 0 Å². The summed E-state index contributed by atoms with van der Waals surface area (Å²) in [7, 11) is -3.11. The van der Waals surface area contributed by atoms with Gasteiger partial charge < -0.3 is 0 Å². The van der Waals surface area contributed by atoms with Crippen LogP contribution in [0.5, 0.6) is 17.2 Å². The van der Waals surface area contributed by atoms with Crippen LogP contribution in [0.1, 0.15) is 140 Å². The van der Waals surface area contributed by atoms with Gasteiger partial charge in [-0.1, -0.05) is 0 Å². The summed E-state index contributed by atoms with van der Waals surface area (Å²) in [5.74, 6) is 1.92. The summed E-state index contributed by atoms with van der Waals surface area (Å²) in [6.07, 6.45) is 3.13. The van der Waals surface area contributed by atoms with Crippen molar-refractivity contribution in [2.24, 2.45) is 20.8 Å². The van der Waals surface area contributed by atoms with Crippen LogP contribution >= 0.6 is 24.7 Å². The summed E-state index contributed by atoms with van der Waals surface area (Å²) in [5.41, 5.74) is 4.29. The van der Waals surface area contributed by atoms with Crippen molar-refractivity contribution in [1.82, 2.24) is 4.86 Å². The van der Waals surface area contributed by atoms with Gasteiger partial charge >= 0.3 is 345 Å². The Morgan fingerprint density at radius 3 is 1.21 bits per heavy atom. The Hall–Kier alpha value is -2.01. The third-order valence-electron chi connectivity index (χ3n) is 9.56. The second-order valence-corrected chi connectivity index (χ2v) is 26.4. The summed E-state index contributed by atoms with van der Waals surface area (Å²) >= 11 is 0. The minimum absolute atomic E-state index is 0.00382. The molecule has 8 nitrogen and oxygen atoms in total. The van der Waals surface area contributed by atoms with Gasteiger partial charge in [0.05, 0.1) is 0 Å². The Bertz CT molecular complexity index is 1710. The number of rotatable bonds is 18. The molecule has 0 heterocycles. The molecule has 0 aliphatic carbocycles. The predicted octanol–water partition coefficient (Wildman–Crippen LogP) is 14.8. The van der Waals surface area contributed by atoms with Crippen molar-refractivity contribution < 1.29 is 27.1 Å². The summed E-state index contributed by atoms with van der Waals surface area (Å²) in [6, 6.07) is 24.7. The summed E-state index contributed by atoms with van der Waals surface area (Å²) in [6.45, 7) is 34.2. The van der Waals surface area contributed by atoms with E-state index in [-0.39, 0.29) is 32.5 Å². The van der Waals surface area contributed by atoms with Gasteiger partial charge in [0, 0.05) is 0 Å². The van der Waals surface area contributed by atoms with Crippen LogP contribution in [0, 0.1) is 16.2 Å². The fourth-order valence-electron chi connectivity index (χ4n) is 8.21. The van der Waals surface area contributed by atoms with Gasteiger partial charge in [0.15, 0.2) is 0 Å². The Morgan fingerprint density at radius 1 is 0.536 bits per heavy atom. The zero-order valence-corrected chi connectivity index (χ0v) is 40.8. The first-order valence-electron chi connectivity index (χ1n) is 19.8. The summed E-state index contributed by atoms with van der Waals surface area (Å²) < 4.78 is 42.7. The van der Waals surface area contributed by atoms with E-state index in [1.165, 1.54) is 16.7 Å². The SMILES string of the molecule is COP(N[PH](/N=[PH](/OC)Oc1ccc(C(C)(C)CC(C)(C)C)cc1)(OC)Oc1ccc(C(C)(C)CC(C)(C)C)cc1)Oc1ccc(C(C)(C)CC(C)(C)C)cc1. The van der Waals surface area contributed by atoms with Crippen molar-refractivity contribution in [3.05, 3.63) is 89.5 Å². The van der Waals surface area contributed by atoms with Gasteiger partial charge in [0.1, 0.15) is 0 Å². The minimum atomic E-state index is -3.77. The molecule has 3 aromatic rings. The molecule has 0 saturated heterocycles. The molecule has 0 saturated carbocycles. The Labute approximate surface area is 343 Å². The standard InChI is InChI=1S/C45H75N2O6P3/c1-40(2,3)31-43(10,11)34-19-25-37(26-20-34)51-54(48-16)46-56(50-18,53-39-29-23-36(24-30-39)45(14,15)33-42(7,8)9)47-55(49-17)52-38-27-21-35(22-28-38)44(12,13)32-41(4,5)6/h19-30,46,55-56H,31-33H2,1-18H3. The van der Waals surface area contributed by atoms with Gasteiger partial charge in [0.2, 0.25) is 0 Å². The van der Waals surface area contributed by atoms with Gasteiger partial charge in [0.25, 0.3) is 0 Å². The van der Waals surface area contributed by atoms with Gasteiger partial charge in [-0.3, -0.25) is 0 Å². The van der Waals surface area contributed by atoms with Crippen LogP contribution in [0.25, 0.3) is 0 Å². The van der Waals surface area contributed by atoms with Crippen LogP contribution in [-0.2, 0) is 29.8 Å². The van der Waals surface area contributed by atoms with E-state index in [0.717, 1.165) is 19.3 Å². The maximum atomic E-state index is 6.74. The molecule has 2 unspecified atom stereocenters. The third kappa shape index (κ3) is 15.3. The van der Waals surface area contributed by atoms with E-state index >= 15 is 0 Å². The molecule has 316 valence electrons. The van der Waals surface area contributed by atoms with Gasteiger partial charge in [-0.15, -0.1) is 0 Å². The first-order valence-corrected chi connectivity index (χ1v) is 24.0. The third-order valence-corrected chi connectivity index (χ3v) is 15.9. The van der Waals surface area contributed by atoms with Crippen molar-refractivity contribution in [2.45, 2.75) is 139 Å². The van der Waals surface area contributed by atoms with E-state index in [4.69, 9.17) is 31.7 Å². The van der Waals surface area contributed by atoms with Crippen LogP contribution in [0.2, 0.25) is 0 Å². The quantitative estimate of drug-likeness (QED) is 0.128. The molecule has 0 aromatic heterocycles. The van der Waals surface area contributed by atoms with Crippen molar-refractivity contribution in [3.8, 4) is 17.2 Å². The van der Waals surface area contributed by atoms with E-state index in [9.17, 15) is 0 Å². The molecule has 11 heteroatoms. The zero-order valence-electron chi connectivity index (χ0n) is 37.9. The van der Waals surface area contributed by atoms with Crippen molar-refractivity contribution in [3.63, 3.8) is 0 Å². The van der Waals surface area contributed by atoms with Crippen LogP contribution in [0.15, 0.2) is 77.3 Å². The average molecular weight is 833 g/mol. The normalized spacial score (nSPS) is 15.0. The van der Waals surface area contributed by atoms with E-state index in [0.29, 0.717) is 17.2 Å². The number of benzene rings is 3. The molecule has 0 bridgehead atoms. The molecule has 1 N–H and O–H groups in total. The first-order chi connectivity index (χ1) is 25.6. The second kappa shape index (κ2) is 18.9. The Morgan fingerprint density at radius 2 is 0.893 bits per heavy atom. The average Bonchev–Trinajstić information content (AvgIpc) is 3.05. The Kier molecular flexibility index (Phi) is 16.3. The molecule has 0 aliphatic heterocycles. The van der Waals surface area contributed by atoms with Crippen LogP contribution in [0.4, 0.5) is 0 Å². The molecule has 0 amide bonds. The van der Waals surface area contributed by atoms with Gasteiger partial charge in [-0.25, -0.2) is 0 Å². The molecule has 2 atom stereocenters. The fraction of sp³-hybridized carbons (Fsp3) is 0.600. The number of nitrogens with zero attached hydrogens (tertiary/aromatic N) is 1. The Balaban J connectivity index is 1.99. The number of hydrogen-bond donors (Lipinski definition) is 1. The molecule has 3 rings (SSSR count). The van der Waals surface area contributed by atoms with E-state index in [2.05, 4.69) is 145 Å². The molecular weight excluding hydrogens is 757 g/mol.